The van der Waals surface area contributed by atoms with E-state index in [1.807, 2.05) is 44.2 Å². The molecule has 27 heavy (non-hydrogen) atoms. The summed E-state index contributed by atoms with van der Waals surface area (Å²) in [5, 5.41) is 9.55. The molecule has 0 aliphatic rings. The third-order valence-electron chi connectivity index (χ3n) is 4.36. The molecular formula is C21H20O4S2. The van der Waals surface area contributed by atoms with E-state index in [1.165, 1.54) is 0 Å². The molecule has 3 rings (SSSR count). The summed E-state index contributed by atoms with van der Waals surface area (Å²) in [7, 11) is -3.65. The van der Waals surface area contributed by atoms with Crippen molar-refractivity contribution >= 4 is 27.1 Å². The van der Waals surface area contributed by atoms with Gasteiger partial charge in [-0.3, -0.25) is 0 Å². The van der Waals surface area contributed by atoms with Gasteiger partial charge in [-0.25, -0.2) is 13.2 Å². The molecule has 0 aliphatic carbocycles. The number of sulfone groups is 1. The number of aryl methyl sites for hydroxylation is 3. The van der Waals surface area contributed by atoms with E-state index in [2.05, 4.69) is 0 Å². The summed E-state index contributed by atoms with van der Waals surface area (Å²) in [5.41, 5.74) is 3.81. The monoisotopic (exact) mass is 400 g/mol. The molecule has 6 heteroatoms. The molecule has 1 heterocycles. The fourth-order valence-electron chi connectivity index (χ4n) is 2.90. The summed E-state index contributed by atoms with van der Waals surface area (Å²) in [6.45, 7) is 5.56. The predicted molar refractivity (Wildman–Crippen MR) is 108 cm³/mol. The number of carbonyl (C=O) groups is 1. The standard InChI is InChI=1S/C21H20O4S2/c1-13-5-8-16(9-6-13)18-11-17(20(26-18)21(22)23)12-27(24,25)19-10-14(2)4-7-15(19)3/h4-11H,12H2,1-3H3,(H,22,23). The van der Waals surface area contributed by atoms with Gasteiger partial charge in [0.25, 0.3) is 0 Å². The maximum atomic E-state index is 13.0. The van der Waals surface area contributed by atoms with E-state index in [0.717, 1.165) is 32.9 Å². The van der Waals surface area contributed by atoms with Crippen LogP contribution in [0.4, 0.5) is 0 Å². The van der Waals surface area contributed by atoms with E-state index >= 15 is 0 Å². The highest BCUT2D eigenvalue weighted by Crippen LogP contribution is 2.34. The lowest BCUT2D eigenvalue weighted by Crippen LogP contribution is -2.09. The van der Waals surface area contributed by atoms with Crippen molar-refractivity contribution in [2.75, 3.05) is 0 Å². The molecule has 0 spiro atoms. The molecular weight excluding hydrogens is 380 g/mol. The van der Waals surface area contributed by atoms with Gasteiger partial charge in [0.15, 0.2) is 9.84 Å². The minimum Gasteiger partial charge on any atom is -0.477 e. The third-order valence-corrected chi connectivity index (χ3v) is 7.38. The normalized spacial score (nSPS) is 11.5. The number of carboxylic acid groups (broad SMARTS) is 1. The van der Waals surface area contributed by atoms with E-state index in [1.54, 1.807) is 25.1 Å². The second kappa shape index (κ2) is 7.29. The van der Waals surface area contributed by atoms with Crippen molar-refractivity contribution in [1.29, 1.82) is 0 Å². The molecule has 0 unspecified atom stereocenters. The number of aromatic carboxylic acids is 1. The van der Waals surface area contributed by atoms with Gasteiger partial charge in [0.2, 0.25) is 0 Å². The summed E-state index contributed by atoms with van der Waals surface area (Å²) < 4.78 is 25.9. The molecule has 2 aromatic carbocycles. The number of hydrogen-bond donors (Lipinski definition) is 1. The number of carboxylic acids is 1. The number of hydrogen-bond acceptors (Lipinski definition) is 4. The maximum Gasteiger partial charge on any atom is 0.346 e. The lowest BCUT2D eigenvalue weighted by atomic mass is 10.1. The Hall–Kier alpha value is -2.44. The van der Waals surface area contributed by atoms with E-state index < -0.39 is 15.8 Å². The van der Waals surface area contributed by atoms with Crippen LogP contribution < -0.4 is 0 Å². The smallest absolute Gasteiger partial charge is 0.346 e. The Morgan fingerprint density at radius 2 is 1.59 bits per heavy atom. The summed E-state index contributed by atoms with van der Waals surface area (Å²) in [4.78, 5) is 12.7. The van der Waals surface area contributed by atoms with Crippen LogP contribution in [-0.2, 0) is 15.6 Å². The van der Waals surface area contributed by atoms with E-state index in [9.17, 15) is 18.3 Å². The number of thiophene rings is 1. The molecule has 0 fully saturated rings. The van der Waals surface area contributed by atoms with Crippen molar-refractivity contribution in [3.05, 3.63) is 75.7 Å². The molecule has 0 bridgehead atoms. The zero-order chi connectivity index (χ0) is 19.8. The molecule has 0 saturated heterocycles. The van der Waals surface area contributed by atoms with E-state index in [0.29, 0.717) is 11.1 Å². The quantitative estimate of drug-likeness (QED) is 0.653. The highest BCUT2D eigenvalue weighted by atomic mass is 32.2. The molecule has 0 saturated carbocycles. The molecule has 0 radical (unpaired) electrons. The highest BCUT2D eigenvalue weighted by molar-refractivity contribution is 7.90. The van der Waals surface area contributed by atoms with Gasteiger partial charge in [0.1, 0.15) is 4.88 Å². The van der Waals surface area contributed by atoms with Crippen molar-refractivity contribution in [2.24, 2.45) is 0 Å². The lowest BCUT2D eigenvalue weighted by Gasteiger charge is -2.08. The van der Waals surface area contributed by atoms with Crippen LogP contribution in [0, 0.1) is 20.8 Å². The first-order valence-electron chi connectivity index (χ1n) is 8.40. The van der Waals surface area contributed by atoms with Crippen molar-refractivity contribution < 1.29 is 18.3 Å². The summed E-state index contributed by atoms with van der Waals surface area (Å²) in [5.74, 6) is -1.44. The second-order valence-electron chi connectivity index (χ2n) is 6.66. The van der Waals surface area contributed by atoms with Gasteiger partial charge in [-0.15, -0.1) is 11.3 Å². The summed E-state index contributed by atoms with van der Waals surface area (Å²) >= 11 is 1.11. The van der Waals surface area contributed by atoms with Gasteiger partial charge in [0.05, 0.1) is 10.6 Å². The van der Waals surface area contributed by atoms with Gasteiger partial charge >= 0.3 is 5.97 Å². The Morgan fingerprint density at radius 1 is 0.963 bits per heavy atom. The molecule has 1 N–H and O–H groups in total. The average molecular weight is 401 g/mol. The van der Waals surface area contributed by atoms with E-state index in [4.69, 9.17) is 0 Å². The summed E-state index contributed by atoms with van der Waals surface area (Å²) in [6.07, 6.45) is 0. The largest absolute Gasteiger partial charge is 0.477 e. The van der Waals surface area contributed by atoms with Crippen LogP contribution in [0.15, 0.2) is 53.4 Å². The van der Waals surface area contributed by atoms with Crippen LogP contribution >= 0.6 is 11.3 Å². The van der Waals surface area contributed by atoms with Crippen LogP contribution in [0.5, 0.6) is 0 Å². The SMILES string of the molecule is Cc1ccc(-c2cc(CS(=O)(=O)c3cc(C)ccc3C)c(C(=O)O)s2)cc1. The maximum absolute atomic E-state index is 13.0. The first-order valence-corrected chi connectivity index (χ1v) is 10.9. The first-order chi connectivity index (χ1) is 12.7. The number of rotatable bonds is 5. The predicted octanol–water partition coefficient (Wildman–Crippen LogP) is 5.01. The van der Waals surface area contributed by atoms with Crippen LogP contribution in [0.25, 0.3) is 10.4 Å². The molecule has 0 aliphatic heterocycles. The zero-order valence-corrected chi connectivity index (χ0v) is 16.9. The minimum atomic E-state index is -3.65. The Balaban J connectivity index is 2.04. The Bertz CT molecular complexity index is 1110. The second-order valence-corrected chi connectivity index (χ2v) is 9.67. The van der Waals surface area contributed by atoms with Crippen molar-refractivity contribution in [3.63, 3.8) is 0 Å². The van der Waals surface area contributed by atoms with Crippen LogP contribution in [-0.4, -0.2) is 19.5 Å². The average Bonchev–Trinajstić information content (AvgIpc) is 3.01. The van der Waals surface area contributed by atoms with Crippen molar-refractivity contribution in [1.82, 2.24) is 0 Å². The van der Waals surface area contributed by atoms with Crippen molar-refractivity contribution in [3.8, 4) is 10.4 Å². The summed E-state index contributed by atoms with van der Waals surface area (Å²) in [6, 6.07) is 14.7. The minimum absolute atomic E-state index is 0.0689. The fourth-order valence-corrected chi connectivity index (χ4v) is 5.73. The fraction of sp³-hybridized carbons (Fsp3) is 0.190. The topological polar surface area (TPSA) is 71.4 Å². The Morgan fingerprint density at radius 3 is 2.22 bits per heavy atom. The molecule has 0 amide bonds. The lowest BCUT2D eigenvalue weighted by molar-refractivity contribution is 0.0701. The third kappa shape index (κ3) is 4.12. The molecule has 3 aromatic rings. The van der Waals surface area contributed by atoms with Gasteiger partial charge in [-0.1, -0.05) is 42.0 Å². The van der Waals surface area contributed by atoms with Gasteiger partial charge < -0.3 is 5.11 Å². The van der Waals surface area contributed by atoms with Crippen LogP contribution in [0.3, 0.4) is 0 Å². The van der Waals surface area contributed by atoms with Crippen LogP contribution in [0.1, 0.15) is 31.9 Å². The highest BCUT2D eigenvalue weighted by Gasteiger charge is 2.24. The first kappa shape index (κ1) is 19.3. The Labute approximate surface area is 163 Å². The van der Waals surface area contributed by atoms with E-state index in [-0.39, 0.29) is 15.5 Å². The molecule has 1 aromatic heterocycles. The van der Waals surface area contributed by atoms with Gasteiger partial charge in [0, 0.05) is 4.88 Å². The zero-order valence-electron chi connectivity index (χ0n) is 15.3. The van der Waals surface area contributed by atoms with Gasteiger partial charge in [-0.2, -0.15) is 0 Å². The molecule has 4 nitrogen and oxygen atoms in total. The van der Waals surface area contributed by atoms with Crippen LogP contribution in [0.2, 0.25) is 0 Å². The van der Waals surface area contributed by atoms with Crippen molar-refractivity contribution in [2.45, 2.75) is 31.4 Å². The van der Waals surface area contributed by atoms with Gasteiger partial charge in [-0.05, 0) is 55.2 Å². The number of benzene rings is 2. The molecule has 0 atom stereocenters. The Kier molecular flexibility index (Phi) is 5.22. The molecule has 140 valence electrons.